The first-order valence-electron chi connectivity index (χ1n) is 5.44. The summed E-state index contributed by atoms with van der Waals surface area (Å²) in [5.41, 5.74) is 5.24. The van der Waals surface area contributed by atoms with Crippen molar-refractivity contribution in [3.05, 3.63) is 29.8 Å². The minimum Gasteiger partial charge on any atom is -0.394 e. The summed E-state index contributed by atoms with van der Waals surface area (Å²) in [4.78, 5) is 22.4. The lowest BCUT2D eigenvalue weighted by Crippen LogP contribution is -2.46. The highest BCUT2D eigenvalue weighted by atomic mass is 16.3. The van der Waals surface area contributed by atoms with Crippen LogP contribution in [0.4, 0.5) is 10.5 Å². The van der Waals surface area contributed by atoms with E-state index in [2.05, 4.69) is 10.6 Å². The molecular formula is C12H17N3O3. The Bertz CT molecular complexity index is 440. The van der Waals surface area contributed by atoms with Gasteiger partial charge in [-0.05, 0) is 38.1 Å². The number of benzene rings is 1. The number of carbonyl (C=O) groups excluding carboxylic acids is 2. The van der Waals surface area contributed by atoms with Gasteiger partial charge in [0.05, 0.1) is 12.1 Å². The van der Waals surface area contributed by atoms with Crippen molar-refractivity contribution >= 4 is 17.6 Å². The lowest BCUT2D eigenvalue weighted by atomic mass is 10.1. The molecule has 0 saturated heterocycles. The number of amides is 3. The van der Waals surface area contributed by atoms with E-state index in [0.717, 1.165) is 0 Å². The maximum atomic E-state index is 11.8. The van der Waals surface area contributed by atoms with Crippen LogP contribution in [0.15, 0.2) is 24.3 Å². The molecule has 5 N–H and O–H groups in total. The van der Waals surface area contributed by atoms with Crippen molar-refractivity contribution in [2.45, 2.75) is 19.4 Å². The van der Waals surface area contributed by atoms with Crippen LogP contribution in [0.2, 0.25) is 0 Å². The molecule has 0 aliphatic rings. The van der Waals surface area contributed by atoms with Crippen LogP contribution < -0.4 is 16.4 Å². The number of urea groups is 1. The van der Waals surface area contributed by atoms with Crippen LogP contribution >= 0.6 is 0 Å². The SMILES string of the molecule is CC(C)(CO)NC(=O)c1ccc(NC(N)=O)cc1. The normalized spacial score (nSPS) is 10.8. The highest BCUT2D eigenvalue weighted by Gasteiger charge is 2.19. The largest absolute Gasteiger partial charge is 0.394 e. The van der Waals surface area contributed by atoms with Gasteiger partial charge in [-0.15, -0.1) is 0 Å². The Hall–Kier alpha value is -2.08. The smallest absolute Gasteiger partial charge is 0.316 e. The molecule has 1 rings (SSSR count). The van der Waals surface area contributed by atoms with E-state index < -0.39 is 11.6 Å². The molecule has 0 aliphatic carbocycles. The summed E-state index contributed by atoms with van der Waals surface area (Å²) in [6.07, 6.45) is 0. The number of carbonyl (C=O) groups is 2. The lowest BCUT2D eigenvalue weighted by Gasteiger charge is -2.23. The Labute approximate surface area is 105 Å². The second-order valence-corrected chi connectivity index (χ2v) is 4.56. The van der Waals surface area contributed by atoms with Crippen LogP contribution in [0, 0.1) is 0 Å². The molecule has 0 radical (unpaired) electrons. The summed E-state index contributed by atoms with van der Waals surface area (Å²) in [7, 11) is 0. The van der Waals surface area contributed by atoms with E-state index in [4.69, 9.17) is 10.8 Å². The summed E-state index contributed by atoms with van der Waals surface area (Å²) in [6.45, 7) is 3.28. The van der Waals surface area contributed by atoms with Crippen LogP contribution in [-0.2, 0) is 0 Å². The third-order valence-electron chi connectivity index (χ3n) is 2.26. The molecule has 0 fully saturated rings. The zero-order valence-corrected chi connectivity index (χ0v) is 10.4. The van der Waals surface area contributed by atoms with Gasteiger partial charge < -0.3 is 21.5 Å². The standard InChI is InChI=1S/C12H17N3O3/c1-12(2,7-16)15-10(17)8-3-5-9(6-4-8)14-11(13)18/h3-6,16H,7H2,1-2H3,(H,15,17)(H3,13,14,18). The van der Waals surface area contributed by atoms with E-state index in [9.17, 15) is 9.59 Å². The van der Waals surface area contributed by atoms with E-state index in [-0.39, 0.29) is 12.5 Å². The number of aliphatic hydroxyl groups excluding tert-OH is 1. The van der Waals surface area contributed by atoms with E-state index >= 15 is 0 Å². The van der Waals surface area contributed by atoms with Crippen molar-refractivity contribution in [2.24, 2.45) is 5.73 Å². The van der Waals surface area contributed by atoms with Crippen LogP contribution in [0.5, 0.6) is 0 Å². The Kier molecular flexibility index (Phi) is 4.28. The average Bonchev–Trinajstić information content (AvgIpc) is 2.28. The highest BCUT2D eigenvalue weighted by Crippen LogP contribution is 2.10. The van der Waals surface area contributed by atoms with Crippen molar-refractivity contribution < 1.29 is 14.7 Å². The number of nitrogens with two attached hydrogens (primary N) is 1. The molecule has 0 heterocycles. The zero-order chi connectivity index (χ0) is 13.8. The van der Waals surface area contributed by atoms with Crippen LogP contribution in [0.25, 0.3) is 0 Å². The molecule has 0 aliphatic heterocycles. The number of anilines is 1. The number of hydrogen-bond donors (Lipinski definition) is 4. The number of nitrogens with one attached hydrogen (secondary N) is 2. The maximum Gasteiger partial charge on any atom is 0.316 e. The molecule has 98 valence electrons. The quantitative estimate of drug-likeness (QED) is 0.632. The van der Waals surface area contributed by atoms with E-state index in [0.29, 0.717) is 11.3 Å². The van der Waals surface area contributed by atoms with Crippen LogP contribution in [-0.4, -0.2) is 29.2 Å². The maximum absolute atomic E-state index is 11.8. The molecule has 18 heavy (non-hydrogen) atoms. The minimum absolute atomic E-state index is 0.153. The molecular weight excluding hydrogens is 234 g/mol. The first-order valence-corrected chi connectivity index (χ1v) is 5.44. The van der Waals surface area contributed by atoms with Gasteiger partial charge in [-0.25, -0.2) is 4.79 Å². The van der Waals surface area contributed by atoms with Crippen molar-refractivity contribution in [2.75, 3.05) is 11.9 Å². The van der Waals surface area contributed by atoms with Gasteiger partial charge in [-0.3, -0.25) is 4.79 Å². The number of aliphatic hydroxyl groups is 1. The van der Waals surface area contributed by atoms with Gasteiger partial charge in [0.1, 0.15) is 0 Å². The monoisotopic (exact) mass is 251 g/mol. The van der Waals surface area contributed by atoms with E-state index in [1.807, 2.05) is 0 Å². The summed E-state index contributed by atoms with van der Waals surface area (Å²) >= 11 is 0. The second kappa shape index (κ2) is 5.50. The fraction of sp³-hybridized carbons (Fsp3) is 0.333. The minimum atomic E-state index is -0.679. The Morgan fingerprint density at radius 1 is 1.28 bits per heavy atom. The summed E-state index contributed by atoms with van der Waals surface area (Å²) in [5, 5.41) is 14.1. The summed E-state index contributed by atoms with van der Waals surface area (Å²) in [5.74, 6) is -0.292. The molecule has 1 aromatic rings. The molecule has 0 unspecified atom stereocenters. The molecule has 3 amide bonds. The lowest BCUT2D eigenvalue weighted by molar-refractivity contribution is 0.0869. The Morgan fingerprint density at radius 2 is 1.83 bits per heavy atom. The van der Waals surface area contributed by atoms with Gasteiger partial charge in [0, 0.05) is 11.3 Å². The molecule has 6 heteroatoms. The summed E-state index contributed by atoms with van der Waals surface area (Å²) < 4.78 is 0. The van der Waals surface area contributed by atoms with Gasteiger partial charge in [-0.2, -0.15) is 0 Å². The molecule has 0 saturated carbocycles. The third kappa shape index (κ3) is 4.06. The summed E-state index contributed by atoms with van der Waals surface area (Å²) in [6, 6.07) is 5.62. The number of hydrogen-bond acceptors (Lipinski definition) is 3. The number of primary amides is 1. The van der Waals surface area contributed by atoms with Crippen molar-refractivity contribution in [1.29, 1.82) is 0 Å². The fourth-order valence-corrected chi connectivity index (χ4v) is 1.27. The molecule has 0 spiro atoms. The molecule has 6 nitrogen and oxygen atoms in total. The fourth-order valence-electron chi connectivity index (χ4n) is 1.27. The van der Waals surface area contributed by atoms with Gasteiger partial charge in [-0.1, -0.05) is 0 Å². The van der Waals surface area contributed by atoms with Crippen LogP contribution in [0.3, 0.4) is 0 Å². The van der Waals surface area contributed by atoms with Crippen molar-refractivity contribution in [1.82, 2.24) is 5.32 Å². The van der Waals surface area contributed by atoms with Crippen LogP contribution in [0.1, 0.15) is 24.2 Å². The molecule has 0 aromatic heterocycles. The Morgan fingerprint density at radius 3 is 2.28 bits per heavy atom. The second-order valence-electron chi connectivity index (χ2n) is 4.56. The molecule has 0 atom stereocenters. The first kappa shape index (κ1) is 14.0. The highest BCUT2D eigenvalue weighted by molar-refractivity contribution is 5.95. The first-order chi connectivity index (χ1) is 8.34. The predicted octanol–water partition coefficient (Wildman–Crippen LogP) is 0.678. The van der Waals surface area contributed by atoms with E-state index in [1.165, 1.54) is 0 Å². The average molecular weight is 251 g/mol. The number of rotatable bonds is 4. The topological polar surface area (TPSA) is 104 Å². The molecule has 1 aromatic carbocycles. The van der Waals surface area contributed by atoms with Crippen molar-refractivity contribution in [3.63, 3.8) is 0 Å². The molecule has 0 bridgehead atoms. The van der Waals surface area contributed by atoms with Gasteiger partial charge >= 0.3 is 6.03 Å². The zero-order valence-electron chi connectivity index (χ0n) is 10.4. The van der Waals surface area contributed by atoms with E-state index in [1.54, 1.807) is 38.1 Å². The van der Waals surface area contributed by atoms with Gasteiger partial charge in [0.2, 0.25) is 0 Å². The third-order valence-corrected chi connectivity index (χ3v) is 2.26. The van der Waals surface area contributed by atoms with Crippen molar-refractivity contribution in [3.8, 4) is 0 Å². The van der Waals surface area contributed by atoms with Gasteiger partial charge in [0.25, 0.3) is 5.91 Å². The van der Waals surface area contributed by atoms with Gasteiger partial charge in [0.15, 0.2) is 0 Å². The Balaban J connectivity index is 2.73. The predicted molar refractivity (Wildman–Crippen MR) is 68.3 cm³/mol.